The summed E-state index contributed by atoms with van der Waals surface area (Å²) in [6.45, 7) is 0. The summed E-state index contributed by atoms with van der Waals surface area (Å²) in [5, 5.41) is -0.260. The molecule has 0 aliphatic rings. The first-order chi connectivity index (χ1) is 8.90. The van der Waals surface area contributed by atoms with Crippen molar-refractivity contribution in [3.05, 3.63) is 40.8 Å². The molecule has 0 fully saturated rings. The van der Waals surface area contributed by atoms with Crippen LogP contribution < -0.4 is 4.72 Å². The Morgan fingerprint density at radius 1 is 1.21 bits per heavy atom. The van der Waals surface area contributed by atoms with Gasteiger partial charge in [0.05, 0.1) is 6.20 Å². The number of hydrogen-bond donors (Lipinski definition) is 1. The molecule has 0 bridgehead atoms. The van der Waals surface area contributed by atoms with Gasteiger partial charge in [0.2, 0.25) is 0 Å². The fraction of sp³-hybridized carbons (Fsp3) is 0. The van der Waals surface area contributed by atoms with Crippen molar-refractivity contribution in [3.8, 4) is 0 Å². The number of nitrogens with zero attached hydrogens (tertiary/aromatic N) is 3. The molecule has 0 aliphatic carbocycles. The first-order valence-electron chi connectivity index (χ1n) is 4.69. The van der Waals surface area contributed by atoms with Gasteiger partial charge >= 0.3 is 0 Å². The molecule has 10 heteroatoms. The molecule has 0 aromatic carbocycles. The lowest BCUT2D eigenvalue weighted by atomic mass is 10.5. The first kappa shape index (κ1) is 13.9. The Morgan fingerprint density at radius 3 is 2.63 bits per heavy atom. The molecule has 0 spiro atoms. The van der Waals surface area contributed by atoms with Crippen LogP contribution in [-0.2, 0) is 10.0 Å². The van der Waals surface area contributed by atoms with Crippen molar-refractivity contribution in [2.24, 2.45) is 0 Å². The summed E-state index contributed by atoms with van der Waals surface area (Å²) in [5.41, 5.74) is 0. The van der Waals surface area contributed by atoms with E-state index >= 15 is 0 Å². The molecule has 2 rings (SSSR count). The van der Waals surface area contributed by atoms with E-state index in [1.54, 1.807) is 0 Å². The normalized spacial score (nSPS) is 11.3. The maximum absolute atomic E-state index is 13.0. The minimum Gasteiger partial charge on any atom is -0.262 e. The van der Waals surface area contributed by atoms with E-state index < -0.39 is 15.8 Å². The smallest absolute Gasteiger partial charge is 0.262 e. The monoisotopic (exact) mass is 322 g/mol. The SMILES string of the molecule is O=S(=O)(Nc1ncnc(Cl)c1Cl)c1cncc(F)c1. The van der Waals surface area contributed by atoms with E-state index in [-0.39, 0.29) is 20.9 Å². The Hall–Kier alpha value is -1.51. The van der Waals surface area contributed by atoms with Crippen LogP contribution in [0, 0.1) is 5.82 Å². The molecule has 2 aromatic rings. The maximum Gasteiger partial charge on any atom is 0.264 e. The molecule has 0 amide bonds. The molecule has 0 saturated carbocycles. The molecular weight excluding hydrogens is 318 g/mol. The highest BCUT2D eigenvalue weighted by atomic mass is 35.5. The fourth-order valence-electron chi connectivity index (χ4n) is 1.15. The van der Waals surface area contributed by atoms with E-state index in [4.69, 9.17) is 23.2 Å². The lowest BCUT2D eigenvalue weighted by molar-refractivity contribution is 0.592. The van der Waals surface area contributed by atoms with Crippen LogP contribution in [0.5, 0.6) is 0 Å². The highest BCUT2D eigenvalue weighted by Crippen LogP contribution is 2.27. The lowest BCUT2D eigenvalue weighted by Crippen LogP contribution is -2.15. The van der Waals surface area contributed by atoms with Gasteiger partial charge in [0.15, 0.2) is 11.0 Å². The highest BCUT2D eigenvalue weighted by molar-refractivity contribution is 7.92. The van der Waals surface area contributed by atoms with E-state index in [1.807, 2.05) is 0 Å². The quantitative estimate of drug-likeness (QED) is 0.875. The number of sulfonamides is 1. The molecular formula is C9H5Cl2FN4O2S. The predicted octanol–water partition coefficient (Wildman–Crippen LogP) is 2.12. The average molecular weight is 323 g/mol. The van der Waals surface area contributed by atoms with Crippen molar-refractivity contribution in [1.82, 2.24) is 15.0 Å². The van der Waals surface area contributed by atoms with Gasteiger partial charge in [-0.25, -0.2) is 22.8 Å². The largest absolute Gasteiger partial charge is 0.264 e. The van der Waals surface area contributed by atoms with Crippen molar-refractivity contribution in [1.29, 1.82) is 0 Å². The standard InChI is InChI=1S/C9H5Cl2FN4O2S/c10-7-8(11)14-4-15-9(7)16-19(17,18)6-1-5(12)2-13-3-6/h1-4H,(H,14,15,16). The van der Waals surface area contributed by atoms with Crippen molar-refractivity contribution in [2.75, 3.05) is 4.72 Å². The van der Waals surface area contributed by atoms with Crippen LogP contribution in [0.15, 0.2) is 29.7 Å². The van der Waals surface area contributed by atoms with E-state index in [0.29, 0.717) is 0 Å². The van der Waals surface area contributed by atoms with Gasteiger partial charge in [-0.15, -0.1) is 0 Å². The number of nitrogens with one attached hydrogen (secondary N) is 1. The lowest BCUT2D eigenvalue weighted by Gasteiger charge is -2.08. The number of anilines is 1. The second-order valence-corrected chi connectivity index (χ2v) is 5.69. The summed E-state index contributed by atoms with van der Waals surface area (Å²) < 4.78 is 38.9. The van der Waals surface area contributed by atoms with Crippen LogP contribution in [0.3, 0.4) is 0 Å². The molecule has 1 N–H and O–H groups in total. The second-order valence-electron chi connectivity index (χ2n) is 3.27. The Morgan fingerprint density at radius 2 is 1.95 bits per heavy atom. The average Bonchev–Trinajstić information content (AvgIpc) is 2.35. The number of hydrogen-bond acceptors (Lipinski definition) is 5. The van der Waals surface area contributed by atoms with Gasteiger partial charge in [-0.2, -0.15) is 0 Å². The maximum atomic E-state index is 13.0. The first-order valence-corrected chi connectivity index (χ1v) is 6.93. The zero-order valence-corrected chi connectivity index (χ0v) is 11.3. The minimum absolute atomic E-state index is 0.105. The zero-order chi connectivity index (χ0) is 14.0. The van der Waals surface area contributed by atoms with Gasteiger partial charge in [0.25, 0.3) is 10.0 Å². The summed E-state index contributed by atoms with van der Waals surface area (Å²) in [4.78, 5) is 10.3. The minimum atomic E-state index is -4.06. The number of halogens is 3. The fourth-order valence-corrected chi connectivity index (χ4v) is 2.47. The summed E-state index contributed by atoms with van der Waals surface area (Å²) >= 11 is 11.4. The molecule has 0 radical (unpaired) electrons. The summed E-state index contributed by atoms with van der Waals surface area (Å²) in [6.07, 6.45) is 2.91. The molecule has 0 aliphatic heterocycles. The van der Waals surface area contributed by atoms with Crippen molar-refractivity contribution in [3.63, 3.8) is 0 Å². The van der Waals surface area contributed by atoms with Gasteiger partial charge in [0.1, 0.15) is 22.1 Å². The molecule has 100 valence electrons. The Labute approximate surface area is 117 Å². The molecule has 0 atom stereocenters. The van der Waals surface area contributed by atoms with Crippen molar-refractivity contribution < 1.29 is 12.8 Å². The summed E-state index contributed by atoms with van der Waals surface area (Å²) in [7, 11) is -4.06. The third-order valence-corrected chi connectivity index (χ3v) is 4.02. The molecule has 0 unspecified atom stereocenters. The number of pyridine rings is 1. The van der Waals surface area contributed by atoms with Crippen LogP contribution in [0.2, 0.25) is 10.2 Å². The number of aromatic nitrogens is 3. The van der Waals surface area contributed by atoms with Crippen molar-refractivity contribution in [2.45, 2.75) is 4.90 Å². The molecule has 0 saturated heterocycles. The van der Waals surface area contributed by atoms with Crippen molar-refractivity contribution >= 4 is 39.0 Å². The van der Waals surface area contributed by atoms with Crippen LogP contribution in [0.4, 0.5) is 10.2 Å². The third kappa shape index (κ3) is 3.09. The number of rotatable bonds is 3. The Bertz CT molecular complexity index is 726. The second kappa shape index (κ2) is 5.24. The molecule has 19 heavy (non-hydrogen) atoms. The van der Waals surface area contributed by atoms with E-state index in [9.17, 15) is 12.8 Å². The summed E-state index contributed by atoms with van der Waals surface area (Å²) in [5.74, 6) is -0.986. The molecule has 2 heterocycles. The van der Waals surface area contributed by atoms with E-state index in [1.165, 1.54) is 0 Å². The van der Waals surface area contributed by atoms with E-state index in [2.05, 4.69) is 19.7 Å². The Kier molecular flexibility index (Phi) is 3.83. The van der Waals surface area contributed by atoms with Gasteiger partial charge in [-0.1, -0.05) is 23.2 Å². The zero-order valence-electron chi connectivity index (χ0n) is 9.01. The van der Waals surface area contributed by atoms with Gasteiger partial charge < -0.3 is 0 Å². The van der Waals surface area contributed by atoms with Crippen LogP contribution in [0.1, 0.15) is 0 Å². The molecule has 2 aromatic heterocycles. The van der Waals surface area contributed by atoms with Gasteiger partial charge in [-0.05, 0) is 6.07 Å². The van der Waals surface area contributed by atoms with Crippen LogP contribution in [0.25, 0.3) is 0 Å². The third-order valence-electron chi connectivity index (χ3n) is 1.97. The van der Waals surface area contributed by atoms with E-state index in [0.717, 1.165) is 24.8 Å². The van der Waals surface area contributed by atoms with Crippen LogP contribution >= 0.6 is 23.2 Å². The predicted molar refractivity (Wildman–Crippen MR) is 67.1 cm³/mol. The Balaban J connectivity index is 2.39. The topological polar surface area (TPSA) is 84.8 Å². The summed E-state index contributed by atoms with van der Waals surface area (Å²) in [6, 6.07) is 0.812. The molecule has 6 nitrogen and oxygen atoms in total. The van der Waals surface area contributed by atoms with Gasteiger partial charge in [-0.3, -0.25) is 9.71 Å². The van der Waals surface area contributed by atoms with Gasteiger partial charge in [0, 0.05) is 6.20 Å². The van der Waals surface area contributed by atoms with Crippen LogP contribution in [-0.4, -0.2) is 23.4 Å². The highest BCUT2D eigenvalue weighted by Gasteiger charge is 2.19.